The van der Waals surface area contributed by atoms with E-state index in [4.69, 9.17) is 4.74 Å². The summed E-state index contributed by atoms with van der Waals surface area (Å²) in [4.78, 5) is 21.0. The summed E-state index contributed by atoms with van der Waals surface area (Å²) in [5.74, 6) is 2.99. The number of rotatable bonds is 5. The van der Waals surface area contributed by atoms with Gasteiger partial charge in [-0.15, -0.1) is 0 Å². The number of imidazole rings is 1. The predicted octanol–water partition coefficient (Wildman–Crippen LogP) is 0.795. The lowest BCUT2D eigenvalue weighted by Crippen LogP contribution is -2.46. The third kappa shape index (κ3) is 4.08. The van der Waals surface area contributed by atoms with Crippen LogP contribution in [0.2, 0.25) is 0 Å². The number of nitrogens with one attached hydrogen (secondary N) is 2. The van der Waals surface area contributed by atoms with E-state index in [1.54, 1.807) is 12.5 Å². The number of aromatic nitrogens is 4. The summed E-state index contributed by atoms with van der Waals surface area (Å²) in [7, 11) is 0. The number of piperidine rings is 1. The molecule has 0 amide bonds. The minimum Gasteiger partial charge on any atom is -0.378 e. The van der Waals surface area contributed by atoms with Gasteiger partial charge >= 0.3 is 0 Å². The molecule has 2 N–H and O–H groups in total. The summed E-state index contributed by atoms with van der Waals surface area (Å²) in [5.41, 5.74) is 0. The van der Waals surface area contributed by atoms with Crippen LogP contribution in [-0.2, 0) is 11.3 Å². The van der Waals surface area contributed by atoms with E-state index in [0.29, 0.717) is 6.04 Å². The van der Waals surface area contributed by atoms with E-state index >= 15 is 0 Å². The molecule has 1 unspecified atom stereocenters. The second-order valence-electron chi connectivity index (χ2n) is 6.54. The highest BCUT2D eigenvalue weighted by molar-refractivity contribution is 5.50. The Morgan fingerprint density at radius 2 is 1.96 bits per heavy atom. The van der Waals surface area contributed by atoms with Crippen molar-refractivity contribution in [3.63, 3.8) is 0 Å². The van der Waals surface area contributed by atoms with E-state index in [1.165, 1.54) is 6.42 Å². The van der Waals surface area contributed by atoms with Gasteiger partial charge in [-0.1, -0.05) is 0 Å². The van der Waals surface area contributed by atoms with Gasteiger partial charge in [0.05, 0.1) is 19.8 Å². The van der Waals surface area contributed by atoms with Gasteiger partial charge in [0.2, 0.25) is 0 Å². The van der Waals surface area contributed by atoms with Crippen LogP contribution in [0.1, 0.15) is 18.7 Å². The Morgan fingerprint density at radius 1 is 1.12 bits per heavy atom. The molecular formula is C17H25N7O. The highest BCUT2D eigenvalue weighted by Gasteiger charge is 2.22. The number of morpholine rings is 1. The lowest BCUT2D eigenvalue weighted by Gasteiger charge is -2.34. The van der Waals surface area contributed by atoms with Crippen LogP contribution in [0, 0.1) is 0 Å². The number of nitrogens with zero attached hydrogens (tertiary/aromatic N) is 5. The van der Waals surface area contributed by atoms with E-state index in [-0.39, 0.29) is 0 Å². The number of hydrogen-bond donors (Lipinski definition) is 2. The van der Waals surface area contributed by atoms with Crippen molar-refractivity contribution in [2.45, 2.75) is 25.4 Å². The molecule has 0 spiro atoms. The van der Waals surface area contributed by atoms with Crippen LogP contribution in [0.5, 0.6) is 0 Å². The van der Waals surface area contributed by atoms with Crippen LogP contribution in [0.25, 0.3) is 0 Å². The van der Waals surface area contributed by atoms with Crippen LogP contribution >= 0.6 is 0 Å². The molecule has 0 radical (unpaired) electrons. The molecular weight excluding hydrogens is 318 g/mol. The number of anilines is 2. The largest absolute Gasteiger partial charge is 0.378 e. The third-order valence-corrected chi connectivity index (χ3v) is 4.83. The van der Waals surface area contributed by atoms with Gasteiger partial charge in [0, 0.05) is 50.7 Å². The fourth-order valence-electron chi connectivity index (χ4n) is 3.46. The molecule has 2 saturated heterocycles. The first-order chi connectivity index (χ1) is 12.4. The summed E-state index contributed by atoms with van der Waals surface area (Å²) in [6, 6.07) is 2.56. The highest BCUT2D eigenvalue weighted by atomic mass is 16.5. The normalized spacial score (nSPS) is 21.5. The van der Waals surface area contributed by atoms with Gasteiger partial charge in [-0.3, -0.25) is 0 Å². The second-order valence-corrected chi connectivity index (χ2v) is 6.54. The van der Waals surface area contributed by atoms with Gasteiger partial charge in [0.1, 0.15) is 23.8 Å². The summed E-state index contributed by atoms with van der Waals surface area (Å²) in [6.07, 6.45) is 7.67. The molecule has 4 heterocycles. The summed E-state index contributed by atoms with van der Waals surface area (Å²) in [6.45, 7) is 6.09. The standard InChI is InChI=1S/C17H25N7O/c1-2-14(20-11-15-18-3-4-19-15)12-24(5-1)17-10-16(21-13-22-17)23-6-8-25-9-7-23/h3-4,10,13-14,20H,1-2,5-9,11-12H2,(H,18,19). The molecule has 0 saturated carbocycles. The second kappa shape index (κ2) is 7.79. The van der Waals surface area contributed by atoms with E-state index in [9.17, 15) is 0 Å². The number of ether oxygens (including phenoxy) is 1. The van der Waals surface area contributed by atoms with Crippen molar-refractivity contribution in [1.82, 2.24) is 25.3 Å². The maximum Gasteiger partial charge on any atom is 0.134 e. The Hall–Kier alpha value is -2.19. The smallest absolute Gasteiger partial charge is 0.134 e. The Labute approximate surface area is 147 Å². The minimum atomic E-state index is 0.445. The maximum atomic E-state index is 5.43. The first-order valence-corrected chi connectivity index (χ1v) is 9.00. The molecule has 25 heavy (non-hydrogen) atoms. The van der Waals surface area contributed by atoms with Crippen LogP contribution in [0.15, 0.2) is 24.8 Å². The van der Waals surface area contributed by atoms with E-state index < -0.39 is 0 Å². The van der Waals surface area contributed by atoms with Gasteiger partial charge in [-0.25, -0.2) is 15.0 Å². The summed E-state index contributed by atoms with van der Waals surface area (Å²) < 4.78 is 5.43. The molecule has 8 heteroatoms. The van der Waals surface area contributed by atoms with Gasteiger partial charge in [0.25, 0.3) is 0 Å². The fourth-order valence-corrected chi connectivity index (χ4v) is 3.46. The SMILES string of the molecule is c1nc(N2CCOCC2)cc(N2CCCC(NCc3ncc[nH]3)C2)n1. The van der Waals surface area contributed by atoms with Gasteiger partial charge in [-0.2, -0.15) is 0 Å². The zero-order valence-corrected chi connectivity index (χ0v) is 14.4. The van der Waals surface area contributed by atoms with E-state index in [1.807, 2.05) is 6.20 Å². The van der Waals surface area contributed by atoms with Crippen molar-refractivity contribution >= 4 is 11.6 Å². The van der Waals surface area contributed by atoms with Crippen LogP contribution in [-0.4, -0.2) is 65.4 Å². The van der Waals surface area contributed by atoms with Gasteiger partial charge in [-0.05, 0) is 12.8 Å². The number of H-pyrrole nitrogens is 1. The topological polar surface area (TPSA) is 82.2 Å². The predicted molar refractivity (Wildman–Crippen MR) is 95.7 cm³/mol. The zero-order valence-electron chi connectivity index (χ0n) is 14.4. The molecule has 1 atom stereocenters. The zero-order chi connectivity index (χ0) is 16.9. The molecule has 8 nitrogen and oxygen atoms in total. The summed E-state index contributed by atoms with van der Waals surface area (Å²) >= 11 is 0. The van der Waals surface area contributed by atoms with E-state index in [2.05, 4.69) is 41.1 Å². The molecule has 2 aromatic heterocycles. The lowest BCUT2D eigenvalue weighted by molar-refractivity contribution is 0.122. The Balaban J connectivity index is 1.38. The molecule has 134 valence electrons. The molecule has 4 rings (SSSR count). The molecule has 2 fully saturated rings. The Morgan fingerprint density at radius 3 is 2.76 bits per heavy atom. The minimum absolute atomic E-state index is 0.445. The molecule has 0 aliphatic carbocycles. The van der Waals surface area contributed by atoms with E-state index in [0.717, 1.165) is 69.8 Å². The Bertz CT molecular complexity index is 657. The number of hydrogen-bond acceptors (Lipinski definition) is 7. The fraction of sp³-hybridized carbons (Fsp3) is 0.588. The average Bonchev–Trinajstić information content (AvgIpc) is 3.21. The molecule has 2 aliphatic rings. The van der Waals surface area contributed by atoms with Gasteiger partial charge in [0.15, 0.2) is 0 Å². The van der Waals surface area contributed by atoms with Crippen LogP contribution in [0.3, 0.4) is 0 Å². The molecule has 0 bridgehead atoms. The van der Waals surface area contributed by atoms with Crippen molar-refractivity contribution < 1.29 is 4.74 Å². The van der Waals surface area contributed by atoms with Crippen LogP contribution in [0.4, 0.5) is 11.6 Å². The third-order valence-electron chi connectivity index (χ3n) is 4.83. The monoisotopic (exact) mass is 343 g/mol. The molecule has 2 aromatic rings. The quantitative estimate of drug-likeness (QED) is 0.831. The Kier molecular flexibility index (Phi) is 5.08. The van der Waals surface area contributed by atoms with Crippen molar-refractivity contribution in [1.29, 1.82) is 0 Å². The molecule has 0 aromatic carbocycles. The van der Waals surface area contributed by atoms with Crippen LogP contribution < -0.4 is 15.1 Å². The average molecular weight is 343 g/mol. The van der Waals surface area contributed by atoms with Crippen molar-refractivity contribution in [3.8, 4) is 0 Å². The highest BCUT2D eigenvalue weighted by Crippen LogP contribution is 2.22. The first kappa shape index (κ1) is 16.3. The van der Waals surface area contributed by atoms with Crippen molar-refractivity contribution in [2.75, 3.05) is 49.2 Å². The maximum absolute atomic E-state index is 5.43. The molecule has 2 aliphatic heterocycles. The first-order valence-electron chi connectivity index (χ1n) is 9.00. The lowest BCUT2D eigenvalue weighted by atomic mass is 10.1. The van der Waals surface area contributed by atoms with Gasteiger partial charge < -0.3 is 24.8 Å². The summed E-state index contributed by atoms with van der Waals surface area (Å²) in [5, 5.41) is 3.60. The number of aromatic amines is 1. The van der Waals surface area contributed by atoms with Crippen molar-refractivity contribution in [3.05, 3.63) is 30.6 Å². The van der Waals surface area contributed by atoms with Crippen molar-refractivity contribution in [2.24, 2.45) is 0 Å².